The van der Waals surface area contributed by atoms with Gasteiger partial charge in [-0.25, -0.2) is 4.68 Å². The lowest BCUT2D eigenvalue weighted by Gasteiger charge is -2.33. The van der Waals surface area contributed by atoms with Crippen LogP contribution in [-0.2, 0) is 0 Å². The van der Waals surface area contributed by atoms with E-state index in [1.807, 2.05) is 19.1 Å². The number of aryl methyl sites for hydroxylation is 1. The van der Waals surface area contributed by atoms with Crippen molar-refractivity contribution in [1.29, 1.82) is 0 Å². The molecule has 1 aliphatic rings. The number of nitrogens with one attached hydrogen (secondary N) is 1. The summed E-state index contributed by atoms with van der Waals surface area (Å²) in [6.45, 7) is 1.89. The Morgan fingerprint density at radius 2 is 2.00 bits per heavy atom. The summed E-state index contributed by atoms with van der Waals surface area (Å²) in [7, 11) is 0. The smallest absolute Gasteiger partial charge is 0.364 e. The number of aromatic nitrogens is 2. The maximum Gasteiger partial charge on any atom is 0.410 e. The van der Waals surface area contributed by atoms with Crippen molar-refractivity contribution in [2.75, 3.05) is 5.32 Å². The van der Waals surface area contributed by atoms with Crippen LogP contribution < -0.4 is 11.1 Å². The van der Waals surface area contributed by atoms with Gasteiger partial charge < -0.3 is 11.1 Å². The van der Waals surface area contributed by atoms with Crippen LogP contribution in [-0.4, -0.2) is 21.9 Å². The highest BCUT2D eigenvalue weighted by Crippen LogP contribution is 2.46. The molecular weight excluding hydrogens is 345 g/mol. The Bertz CT molecular complexity index is 785. The topological polar surface area (TPSA) is 72.9 Å². The van der Waals surface area contributed by atoms with Gasteiger partial charge in [0.05, 0.1) is 6.04 Å². The monoisotopic (exact) mass is 358 g/mol. The standard InChI is InChI=1S/C15H14ClF3N4O/c1-7-2-4-8(5-3-7)9-6-10(15(17,18)19)23-14(21-9)11(16)12(22-23)13(20)24/h2-5,9-10,21H,6H2,1H3,(H2,20,24)/t9-,10-/m1/s1. The number of amides is 1. The molecule has 0 saturated carbocycles. The van der Waals surface area contributed by atoms with Crippen LogP contribution in [0, 0.1) is 6.92 Å². The molecule has 2 aromatic rings. The number of hydrogen-bond acceptors (Lipinski definition) is 3. The van der Waals surface area contributed by atoms with Crippen molar-refractivity contribution in [3.8, 4) is 0 Å². The largest absolute Gasteiger partial charge is 0.410 e. The third-order valence-corrected chi connectivity index (χ3v) is 4.37. The van der Waals surface area contributed by atoms with Crippen LogP contribution in [0.5, 0.6) is 0 Å². The van der Waals surface area contributed by atoms with Gasteiger partial charge in [-0.05, 0) is 12.5 Å². The lowest BCUT2D eigenvalue weighted by atomic mass is 9.96. The minimum atomic E-state index is -4.54. The first-order valence-corrected chi connectivity index (χ1v) is 7.54. The van der Waals surface area contributed by atoms with Gasteiger partial charge in [-0.3, -0.25) is 4.79 Å². The number of fused-ring (bicyclic) bond motifs is 1. The molecule has 0 fully saturated rings. The van der Waals surface area contributed by atoms with Crippen LogP contribution in [0.3, 0.4) is 0 Å². The van der Waals surface area contributed by atoms with Crippen molar-refractivity contribution in [3.63, 3.8) is 0 Å². The lowest BCUT2D eigenvalue weighted by molar-refractivity contribution is -0.173. The summed E-state index contributed by atoms with van der Waals surface area (Å²) in [4.78, 5) is 11.3. The highest BCUT2D eigenvalue weighted by Gasteiger charge is 2.47. The van der Waals surface area contributed by atoms with Gasteiger partial charge in [-0.15, -0.1) is 0 Å². The molecule has 5 nitrogen and oxygen atoms in total. The summed E-state index contributed by atoms with van der Waals surface area (Å²) >= 11 is 6.02. The Morgan fingerprint density at radius 1 is 1.38 bits per heavy atom. The zero-order valence-electron chi connectivity index (χ0n) is 12.6. The Morgan fingerprint density at radius 3 is 2.54 bits per heavy atom. The van der Waals surface area contributed by atoms with Crippen LogP contribution in [0.2, 0.25) is 5.02 Å². The first kappa shape index (κ1) is 16.6. The average molecular weight is 359 g/mol. The highest BCUT2D eigenvalue weighted by atomic mass is 35.5. The molecule has 0 radical (unpaired) electrons. The highest BCUT2D eigenvalue weighted by molar-refractivity contribution is 6.36. The fourth-order valence-corrected chi connectivity index (χ4v) is 3.04. The first-order valence-electron chi connectivity index (χ1n) is 7.16. The molecule has 0 spiro atoms. The number of halogens is 4. The second kappa shape index (κ2) is 5.70. The molecule has 2 atom stereocenters. The van der Waals surface area contributed by atoms with E-state index in [2.05, 4.69) is 10.4 Å². The van der Waals surface area contributed by atoms with Gasteiger partial charge in [0.25, 0.3) is 5.91 Å². The van der Waals surface area contributed by atoms with E-state index >= 15 is 0 Å². The van der Waals surface area contributed by atoms with Crippen LogP contribution in [0.25, 0.3) is 0 Å². The molecule has 2 heterocycles. The van der Waals surface area contributed by atoms with E-state index in [0.29, 0.717) is 10.2 Å². The Labute approximate surface area is 140 Å². The predicted octanol–water partition coefficient (Wildman–Crippen LogP) is 3.60. The van der Waals surface area contributed by atoms with Crippen LogP contribution in [0.1, 0.15) is 40.1 Å². The summed E-state index contributed by atoms with van der Waals surface area (Å²) in [5, 5.41) is 6.41. The molecule has 3 rings (SSSR count). The van der Waals surface area contributed by atoms with Crippen molar-refractivity contribution in [3.05, 3.63) is 46.1 Å². The normalized spacial score (nSPS) is 20.4. The molecular formula is C15H14ClF3N4O. The van der Waals surface area contributed by atoms with E-state index in [1.54, 1.807) is 12.1 Å². The van der Waals surface area contributed by atoms with Gasteiger partial charge in [-0.1, -0.05) is 41.4 Å². The van der Waals surface area contributed by atoms with E-state index in [-0.39, 0.29) is 23.0 Å². The molecule has 24 heavy (non-hydrogen) atoms. The number of carbonyl (C=O) groups is 1. The van der Waals surface area contributed by atoms with E-state index in [4.69, 9.17) is 17.3 Å². The zero-order chi connectivity index (χ0) is 17.6. The minimum absolute atomic E-state index is 0.0513. The summed E-state index contributed by atoms with van der Waals surface area (Å²) < 4.78 is 41.1. The number of benzene rings is 1. The summed E-state index contributed by atoms with van der Waals surface area (Å²) in [6.07, 6.45) is -4.81. The molecule has 0 saturated heterocycles. The Kier molecular flexibility index (Phi) is 3.95. The molecule has 128 valence electrons. The van der Waals surface area contributed by atoms with Crippen molar-refractivity contribution >= 4 is 23.3 Å². The van der Waals surface area contributed by atoms with Gasteiger partial charge in [0.15, 0.2) is 11.7 Å². The van der Waals surface area contributed by atoms with Gasteiger partial charge in [0.1, 0.15) is 10.8 Å². The summed E-state index contributed by atoms with van der Waals surface area (Å²) in [5.41, 5.74) is 6.45. The van der Waals surface area contributed by atoms with E-state index in [1.165, 1.54) is 0 Å². The van der Waals surface area contributed by atoms with Gasteiger partial charge in [-0.2, -0.15) is 18.3 Å². The minimum Gasteiger partial charge on any atom is -0.364 e. The number of anilines is 1. The molecule has 1 aliphatic heterocycles. The fraction of sp³-hybridized carbons (Fsp3) is 0.333. The number of carbonyl (C=O) groups excluding carboxylic acids is 1. The van der Waals surface area contributed by atoms with Crippen molar-refractivity contribution in [2.24, 2.45) is 5.73 Å². The number of rotatable bonds is 2. The Balaban J connectivity index is 2.08. The second-order valence-electron chi connectivity index (χ2n) is 5.72. The second-order valence-corrected chi connectivity index (χ2v) is 6.10. The summed E-state index contributed by atoms with van der Waals surface area (Å²) in [5.74, 6) is -1.03. The first-order chi connectivity index (χ1) is 11.2. The third-order valence-electron chi connectivity index (χ3n) is 4.01. The van der Waals surface area contributed by atoms with Crippen molar-refractivity contribution < 1.29 is 18.0 Å². The van der Waals surface area contributed by atoms with E-state index in [0.717, 1.165) is 5.56 Å². The number of primary amides is 1. The number of nitrogens with zero attached hydrogens (tertiary/aromatic N) is 2. The maximum atomic E-state index is 13.5. The molecule has 0 unspecified atom stereocenters. The van der Waals surface area contributed by atoms with Crippen molar-refractivity contribution in [2.45, 2.75) is 31.6 Å². The van der Waals surface area contributed by atoms with Crippen LogP contribution >= 0.6 is 11.6 Å². The third kappa shape index (κ3) is 2.82. The van der Waals surface area contributed by atoms with Gasteiger partial charge in [0, 0.05) is 6.42 Å². The summed E-state index contributed by atoms with van der Waals surface area (Å²) in [6, 6.07) is 4.65. The molecule has 1 amide bonds. The molecule has 3 N–H and O–H groups in total. The van der Waals surface area contributed by atoms with Crippen molar-refractivity contribution in [1.82, 2.24) is 9.78 Å². The molecule has 1 aromatic carbocycles. The number of hydrogen-bond donors (Lipinski definition) is 2. The zero-order valence-corrected chi connectivity index (χ0v) is 13.3. The SMILES string of the molecule is Cc1ccc([C@H]2C[C@H](C(F)(F)F)n3nc(C(N)=O)c(Cl)c3N2)cc1. The van der Waals surface area contributed by atoms with E-state index in [9.17, 15) is 18.0 Å². The van der Waals surface area contributed by atoms with Gasteiger partial charge in [0.2, 0.25) is 0 Å². The quantitative estimate of drug-likeness (QED) is 0.861. The van der Waals surface area contributed by atoms with Crippen LogP contribution in [0.15, 0.2) is 24.3 Å². The van der Waals surface area contributed by atoms with E-state index < -0.39 is 24.2 Å². The molecule has 0 bridgehead atoms. The predicted molar refractivity (Wildman–Crippen MR) is 83.0 cm³/mol. The molecule has 0 aliphatic carbocycles. The molecule has 9 heteroatoms. The lowest BCUT2D eigenvalue weighted by Crippen LogP contribution is -2.35. The average Bonchev–Trinajstić information content (AvgIpc) is 2.83. The van der Waals surface area contributed by atoms with Crippen LogP contribution in [0.4, 0.5) is 19.0 Å². The number of nitrogens with two attached hydrogens (primary N) is 1. The fourth-order valence-electron chi connectivity index (χ4n) is 2.76. The Hall–Kier alpha value is -2.22. The maximum absolute atomic E-state index is 13.5. The van der Waals surface area contributed by atoms with Gasteiger partial charge >= 0.3 is 6.18 Å². The number of alkyl halides is 3. The molecule has 1 aromatic heterocycles.